The Hall–Kier alpha value is -3.16. The van der Waals surface area contributed by atoms with Crippen LogP contribution in [0, 0.1) is 0 Å². The van der Waals surface area contributed by atoms with Gasteiger partial charge in [0.05, 0.1) is 4.90 Å². The SMILES string of the molecule is CCC(Oc1ccc(-c2ccccc2)cc1)C(=O)Nc1ccc(S(=O)(=O)N2CCCCC2)cc1. The van der Waals surface area contributed by atoms with Crippen molar-refractivity contribution in [1.82, 2.24) is 4.31 Å². The molecule has 0 aliphatic carbocycles. The van der Waals surface area contributed by atoms with Crippen LogP contribution in [0.1, 0.15) is 32.6 Å². The number of hydrogen-bond acceptors (Lipinski definition) is 4. The van der Waals surface area contributed by atoms with Crippen molar-refractivity contribution in [3.63, 3.8) is 0 Å². The number of amides is 1. The zero-order chi connectivity index (χ0) is 24.0. The summed E-state index contributed by atoms with van der Waals surface area (Å²) in [6, 6.07) is 24.0. The van der Waals surface area contributed by atoms with Gasteiger partial charge in [-0.2, -0.15) is 4.31 Å². The number of anilines is 1. The van der Waals surface area contributed by atoms with Crippen molar-refractivity contribution in [1.29, 1.82) is 0 Å². The fraction of sp³-hybridized carbons (Fsp3) is 0.296. The molecule has 0 saturated carbocycles. The van der Waals surface area contributed by atoms with Crippen molar-refractivity contribution in [2.45, 2.75) is 43.6 Å². The van der Waals surface area contributed by atoms with Crippen LogP contribution in [-0.4, -0.2) is 37.8 Å². The molecule has 1 aliphatic rings. The van der Waals surface area contributed by atoms with Crippen LogP contribution in [0.5, 0.6) is 5.75 Å². The van der Waals surface area contributed by atoms with E-state index in [1.54, 1.807) is 24.3 Å². The molecular weight excluding hydrogens is 448 g/mol. The monoisotopic (exact) mass is 478 g/mol. The van der Waals surface area contributed by atoms with Gasteiger partial charge in [0, 0.05) is 18.8 Å². The summed E-state index contributed by atoms with van der Waals surface area (Å²) in [5.41, 5.74) is 2.72. The maximum atomic E-state index is 12.8. The molecule has 1 heterocycles. The maximum absolute atomic E-state index is 12.8. The molecule has 1 N–H and O–H groups in total. The third-order valence-corrected chi connectivity index (χ3v) is 7.89. The number of nitrogens with zero attached hydrogens (tertiary/aromatic N) is 1. The van der Waals surface area contributed by atoms with Crippen molar-refractivity contribution >= 4 is 21.6 Å². The average Bonchev–Trinajstić information content (AvgIpc) is 2.89. The summed E-state index contributed by atoms with van der Waals surface area (Å²) < 4.78 is 33.1. The molecule has 1 aliphatic heterocycles. The van der Waals surface area contributed by atoms with Gasteiger partial charge in [-0.1, -0.05) is 55.8 Å². The lowest BCUT2D eigenvalue weighted by Gasteiger charge is -2.26. The van der Waals surface area contributed by atoms with Crippen molar-refractivity contribution < 1.29 is 17.9 Å². The van der Waals surface area contributed by atoms with E-state index in [4.69, 9.17) is 4.74 Å². The molecule has 0 bridgehead atoms. The van der Waals surface area contributed by atoms with Gasteiger partial charge in [0.25, 0.3) is 5.91 Å². The van der Waals surface area contributed by atoms with Crippen LogP contribution in [0.15, 0.2) is 83.8 Å². The molecule has 6 nitrogen and oxygen atoms in total. The van der Waals surface area contributed by atoms with Gasteiger partial charge < -0.3 is 10.1 Å². The molecule has 1 unspecified atom stereocenters. The van der Waals surface area contributed by atoms with Gasteiger partial charge in [-0.3, -0.25) is 4.79 Å². The molecule has 3 aromatic rings. The van der Waals surface area contributed by atoms with E-state index in [-0.39, 0.29) is 10.8 Å². The number of piperidine rings is 1. The lowest BCUT2D eigenvalue weighted by atomic mass is 10.1. The van der Waals surface area contributed by atoms with Gasteiger partial charge in [-0.05, 0) is 66.8 Å². The molecule has 0 radical (unpaired) electrons. The standard InChI is InChI=1S/C27H30N2O4S/c1-2-26(33-24-15-11-22(12-16-24)21-9-5-3-6-10-21)27(30)28-23-13-17-25(18-14-23)34(31,32)29-19-7-4-8-20-29/h3,5-6,9-18,26H,2,4,7-8,19-20H2,1H3,(H,28,30). The molecule has 3 aromatic carbocycles. The molecule has 1 saturated heterocycles. The predicted molar refractivity (Wildman–Crippen MR) is 134 cm³/mol. The summed E-state index contributed by atoms with van der Waals surface area (Å²) in [6.45, 7) is 3.00. The van der Waals surface area contributed by atoms with Gasteiger partial charge in [-0.15, -0.1) is 0 Å². The van der Waals surface area contributed by atoms with Gasteiger partial charge in [0.1, 0.15) is 5.75 Å². The molecule has 4 rings (SSSR count). The summed E-state index contributed by atoms with van der Waals surface area (Å²) in [7, 11) is -3.50. The topological polar surface area (TPSA) is 75.7 Å². The number of nitrogens with one attached hydrogen (secondary N) is 1. The molecule has 1 amide bonds. The van der Waals surface area contributed by atoms with Crippen LogP contribution in [0.4, 0.5) is 5.69 Å². The van der Waals surface area contributed by atoms with Gasteiger partial charge in [0.15, 0.2) is 6.10 Å². The highest BCUT2D eigenvalue weighted by Gasteiger charge is 2.26. The molecule has 7 heteroatoms. The number of sulfonamides is 1. The first-order valence-corrected chi connectivity index (χ1v) is 13.1. The second-order valence-corrected chi connectivity index (χ2v) is 10.3. The van der Waals surface area contributed by atoms with Gasteiger partial charge >= 0.3 is 0 Å². The smallest absolute Gasteiger partial charge is 0.265 e. The molecule has 178 valence electrons. The highest BCUT2D eigenvalue weighted by atomic mass is 32.2. The Morgan fingerprint density at radius 1 is 0.882 bits per heavy atom. The lowest BCUT2D eigenvalue weighted by Crippen LogP contribution is -2.35. The van der Waals surface area contributed by atoms with Crippen molar-refractivity contribution in [3.8, 4) is 16.9 Å². The summed E-state index contributed by atoms with van der Waals surface area (Å²) >= 11 is 0. The Morgan fingerprint density at radius 2 is 1.50 bits per heavy atom. The molecule has 1 fully saturated rings. The summed E-state index contributed by atoms with van der Waals surface area (Å²) in [6.07, 6.45) is 2.67. The maximum Gasteiger partial charge on any atom is 0.265 e. The normalized spacial score (nSPS) is 15.4. The fourth-order valence-electron chi connectivity index (χ4n) is 4.03. The van der Waals surface area contributed by atoms with Crippen molar-refractivity contribution in [2.75, 3.05) is 18.4 Å². The largest absolute Gasteiger partial charge is 0.481 e. The Bertz CT molecular complexity index is 1190. The third-order valence-electron chi connectivity index (χ3n) is 5.98. The first-order chi connectivity index (χ1) is 16.5. The van der Waals surface area contributed by atoms with Crippen LogP contribution in [-0.2, 0) is 14.8 Å². The number of carbonyl (C=O) groups is 1. The zero-order valence-electron chi connectivity index (χ0n) is 19.3. The highest BCUT2D eigenvalue weighted by Crippen LogP contribution is 2.24. The Morgan fingerprint density at radius 3 is 2.12 bits per heavy atom. The quantitative estimate of drug-likeness (QED) is 0.475. The number of benzene rings is 3. The first-order valence-electron chi connectivity index (χ1n) is 11.7. The highest BCUT2D eigenvalue weighted by molar-refractivity contribution is 7.89. The van der Waals surface area contributed by atoms with Gasteiger partial charge in [-0.25, -0.2) is 8.42 Å². The summed E-state index contributed by atoms with van der Waals surface area (Å²) in [4.78, 5) is 13.0. The second kappa shape index (κ2) is 10.8. The van der Waals surface area contributed by atoms with E-state index in [1.807, 2.05) is 61.5 Å². The van der Waals surface area contributed by atoms with Crippen LogP contribution in [0.3, 0.4) is 0 Å². The summed E-state index contributed by atoms with van der Waals surface area (Å²) in [5.74, 6) is 0.339. The molecule has 34 heavy (non-hydrogen) atoms. The minimum atomic E-state index is -3.50. The zero-order valence-corrected chi connectivity index (χ0v) is 20.1. The predicted octanol–water partition coefficient (Wildman–Crippen LogP) is 5.32. The summed E-state index contributed by atoms with van der Waals surface area (Å²) in [5, 5.41) is 2.84. The number of rotatable bonds is 8. The van der Waals surface area contributed by atoms with E-state index in [0.29, 0.717) is 30.9 Å². The second-order valence-electron chi connectivity index (χ2n) is 8.38. The van der Waals surface area contributed by atoms with E-state index in [9.17, 15) is 13.2 Å². The van der Waals surface area contributed by atoms with Crippen molar-refractivity contribution in [3.05, 3.63) is 78.9 Å². The third kappa shape index (κ3) is 5.66. The number of ether oxygens (including phenoxy) is 1. The van der Waals surface area contributed by atoms with Crippen molar-refractivity contribution in [2.24, 2.45) is 0 Å². The van der Waals surface area contributed by atoms with E-state index < -0.39 is 16.1 Å². The van der Waals surface area contributed by atoms with Crippen LogP contribution < -0.4 is 10.1 Å². The van der Waals surface area contributed by atoms with Crippen LogP contribution >= 0.6 is 0 Å². The van der Waals surface area contributed by atoms with E-state index in [2.05, 4.69) is 5.32 Å². The average molecular weight is 479 g/mol. The number of hydrogen-bond donors (Lipinski definition) is 1. The molecule has 0 spiro atoms. The minimum Gasteiger partial charge on any atom is -0.481 e. The first kappa shape index (κ1) is 24.0. The Kier molecular flexibility index (Phi) is 7.65. The fourth-order valence-corrected chi connectivity index (χ4v) is 5.55. The molecular formula is C27H30N2O4S. The molecule has 0 aromatic heterocycles. The number of carbonyl (C=O) groups excluding carboxylic acids is 1. The Balaban J connectivity index is 1.38. The van der Waals surface area contributed by atoms with Crippen LogP contribution in [0.25, 0.3) is 11.1 Å². The van der Waals surface area contributed by atoms with E-state index in [0.717, 1.165) is 30.4 Å². The van der Waals surface area contributed by atoms with Gasteiger partial charge in [0.2, 0.25) is 10.0 Å². The molecule has 1 atom stereocenters. The van der Waals surface area contributed by atoms with E-state index >= 15 is 0 Å². The Labute approximate surface area is 201 Å². The van der Waals surface area contributed by atoms with Crippen LogP contribution in [0.2, 0.25) is 0 Å². The lowest BCUT2D eigenvalue weighted by molar-refractivity contribution is -0.122. The van der Waals surface area contributed by atoms with E-state index in [1.165, 1.54) is 4.31 Å². The minimum absolute atomic E-state index is 0.245.